The minimum Gasteiger partial charge on any atom is -0.294 e. The first-order valence-electron chi connectivity index (χ1n) is 4.37. The molecule has 0 aromatic heterocycles. The molecule has 1 saturated carbocycles. The Labute approximate surface area is 74.2 Å². The van der Waals surface area contributed by atoms with Gasteiger partial charge in [-0.1, -0.05) is 16.7 Å². The van der Waals surface area contributed by atoms with Crippen LogP contribution < -0.4 is 0 Å². The molecule has 0 aromatic carbocycles. The van der Waals surface area contributed by atoms with Crippen LogP contribution in [0.3, 0.4) is 0 Å². The quantitative estimate of drug-likeness (QED) is 0.397. The largest absolute Gasteiger partial charge is 0.294 e. The molecule has 0 aromatic rings. The van der Waals surface area contributed by atoms with Crippen molar-refractivity contribution in [3.05, 3.63) is 22.3 Å². The number of Topliss-reactive ketones (excluding diaryl/α,β-unsaturated/α-hetero) is 1. The molecule has 0 aliphatic heterocycles. The Morgan fingerprint density at radius 1 is 1.00 bits per heavy atom. The Bertz CT molecular complexity index is 271. The van der Waals surface area contributed by atoms with E-state index in [9.17, 15) is 4.79 Å². The van der Waals surface area contributed by atoms with Gasteiger partial charge in [0.05, 0.1) is 0 Å². The second-order valence-corrected chi connectivity index (χ2v) is 3.86. The maximum atomic E-state index is 11.4. The maximum absolute atomic E-state index is 11.4. The summed E-state index contributed by atoms with van der Waals surface area (Å²) in [4.78, 5) is 11.4. The third kappa shape index (κ3) is 1.66. The van der Waals surface area contributed by atoms with Crippen LogP contribution in [0.15, 0.2) is 22.3 Å². The van der Waals surface area contributed by atoms with Crippen LogP contribution in [0.5, 0.6) is 0 Å². The van der Waals surface area contributed by atoms with Gasteiger partial charge in [0.1, 0.15) is 0 Å². The predicted molar refractivity (Wildman–Crippen MR) is 51.0 cm³/mol. The van der Waals surface area contributed by atoms with Gasteiger partial charge in [-0.15, -0.1) is 0 Å². The van der Waals surface area contributed by atoms with E-state index in [4.69, 9.17) is 0 Å². The van der Waals surface area contributed by atoms with E-state index in [1.165, 1.54) is 16.7 Å². The van der Waals surface area contributed by atoms with Gasteiger partial charge in [0.2, 0.25) is 0 Å². The molecule has 1 aliphatic rings. The number of hydrogen-bond donors (Lipinski definition) is 0. The van der Waals surface area contributed by atoms with Crippen LogP contribution in [0.25, 0.3) is 0 Å². The molecule has 0 spiro atoms. The number of rotatable bonds is 0. The minimum absolute atomic E-state index is 0.325. The van der Waals surface area contributed by atoms with Gasteiger partial charge in [0.15, 0.2) is 5.78 Å². The Balaban J connectivity index is 2.99. The Morgan fingerprint density at radius 2 is 1.58 bits per heavy atom. The van der Waals surface area contributed by atoms with E-state index >= 15 is 0 Å². The molecule has 0 amide bonds. The first-order chi connectivity index (χ1) is 5.52. The summed E-state index contributed by atoms with van der Waals surface area (Å²) in [5, 5.41) is 0. The van der Waals surface area contributed by atoms with Crippen molar-refractivity contribution < 1.29 is 4.79 Å². The van der Waals surface area contributed by atoms with Crippen molar-refractivity contribution in [2.75, 3.05) is 0 Å². The van der Waals surface area contributed by atoms with E-state index in [0.29, 0.717) is 12.2 Å². The molecule has 0 saturated heterocycles. The lowest BCUT2D eigenvalue weighted by Gasteiger charge is -1.97. The molecule has 0 radical (unpaired) electrons. The number of carbonyl (C=O) groups is 1. The number of carbonyl (C=O) groups excluding carboxylic acids is 1. The zero-order chi connectivity index (χ0) is 9.30. The summed E-state index contributed by atoms with van der Waals surface area (Å²) >= 11 is 0. The summed E-state index contributed by atoms with van der Waals surface area (Å²) in [5.41, 5.74) is 4.83. The molecule has 0 atom stereocenters. The van der Waals surface area contributed by atoms with Crippen LogP contribution in [0.4, 0.5) is 0 Å². The lowest BCUT2D eigenvalue weighted by Crippen LogP contribution is -1.92. The molecule has 1 heteroatoms. The van der Waals surface area contributed by atoms with E-state index in [2.05, 4.69) is 13.8 Å². The van der Waals surface area contributed by atoms with Gasteiger partial charge in [-0.2, -0.15) is 0 Å². The average molecular weight is 164 g/mol. The summed E-state index contributed by atoms with van der Waals surface area (Å²) < 4.78 is 0. The number of ketones is 1. The lowest BCUT2D eigenvalue weighted by molar-refractivity contribution is -0.114. The highest BCUT2D eigenvalue weighted by Crippen LogP contribution is 2.30. The number of allylic oxidation sites excluding steroid dienone is 4. The first-order valence-corrected chi connectivity index (χ1v) is 4.37. The third-order valence-corrected chi connectivity index (χ3v) is 2.41. The molecule has 0 N–H and O–H groups in total. The normalized spacial score (nSPS) is 17.2. The SMILES string of the molecule is CC(C)=C1CC(=O)C(=C(C)C)C1. The van der Waals surface area contributed by atoms with Crippen molar-refractivity contribution in [1.29, 1.82) is 0 Å². The smallest absolute Gasteiger partial charge is 0.163 e. The van der Waals surface area contributed by atoms with Crippen molar-refractivity contribution in [3.8, 4) is 0 Å². The van der Waals surface area contributed by atoms with Crippen molar-refractivity contribution in [1.82, 2.24) is 0 Å². The minimum atomic E-state index is 0.325. The summed E-state index contributed by atoms with van der Waals surface area (Å²) in [6, 6.07) is 0. The van der Waals surface area contributed by atoms with E-state index < -0.39 is 0 Å². The van der Waals surface area contributed by atoms with Gasteiger partial charge in [0.25, 0.3) is 0 Å². The van der Waals surface area contributed by atoms with Crippen LogP contribution in [0, 0.1) is 0 Å². The lowest BCUT2D eigenvalue weighted by atomic mass is 10.1. The monoisotopic (exact) mass is 164 g/mol. The Morgan fingerprint density at radius 3 is 1.83 bits per heavy atom. The fourth-order valence-electron chi connectivity index (χ4n) is 1.48. The Kier molecular flexibility index (Phi) is 2.51. The van der Waals surface area contributed by atoms with Crippen LogP contribution in [0.1, 0.15) is 40.5 Å². The number of hydrogen-bond acceptors (Lipinski definition) is 1. The third-order valence-electron chi connectivity index (χ3n) is 2.41. The molecule has 1 nitrogen and oxygen atoms in total. The highest BCUT2D eigenvalue weighted by molar-refractivity contribution is 6.01. The van der Waals surface area contributed by atoms with Gasteiger partial charge < -0.3 is 0 Å². The van der Waals surface area contributed by atoms with Crippen molar-refractivity contribution in [2.45, 2.75) is 40.5 Å². The van der Waals surface area contributed by atoms with Crippen molar-refractivity contribution >= 4 is 5.78 Å². The predicted octanol–water partition coefficient (Wildman–Crippen LogP) is 3.02. The fraction of sp³-hybridized carbons (Fsp3) is 0.545. The molecule has 0 bridgehead atoms. The van der Waals surface area contributed by atoms with Crippen LogP contribution in [-0.4, -0.2) is 5.78 Å². The van der Waals surface area contributed by atoms with Crippen molar-refractivity contribution in [3.63, 3.8) is 0 Å². The van der Waals surface area contributed by atoms with Gasteiger partial charge in [-0.3, -0.25) is 4.79 Å². The highest BCUT2D eigenvalue weighted by atomic mass is 16.1. The summed E-state index contributed by atoms with van der Waals surface area (Å²) in [7, 11) is 0. The molecule has 0 unspecified atom stereocenters. The van der Waals surface area contributed by atoms with Gasteiger partial charge >= 0.3 is 0 Å². The Hall–Kier alpha value is -0.850. The van der Waals surface area contributed by atoms with Gasteiger partial charge in [-0.25, -0.2) is 0 Å². The van der Waals surface area contributed by atoms with E-state index in [-0.39, 0.29) is 0 Å². The molecule has 0 heterocycles. The standard InChI is InChI=1S/C11H16O/c1-7(2)9-5-10(8(3)4)11(12)6-9/h5-6H2,1-4H3. The summed E-state index contributed by atoms with van der Waals surface area (Å²) in [6.45, 7) is 8.19. The molecule has 1 aliphatic carbocycles. The fourth-order valence-corrected chi connectivity index (χ4v) is 1.48. The summed E-state index contributed by atoms with van der Waals surface area (Å²) in [6.07, 6.45) is 1.55. The molecular formula is C11H16O. The molecule has 1 rings (SSSR count). The van der Waals surface area contributed by atoms with E-state index in [1.807, 2.05) is 13.8 Å². The topological polar surface area (TPSA) is 17.1 Å². The van der Waals surface area contributed by atoms with Crippen LogP contribution in [0.2, 0.25) is 0 Å². The molecule has 12 heavy (non-hydrogen) atoms. The molecule has 66 valence electrons. The van der Waals surface area contributed by atoms with Crippen LogP contribution >= 0.6 is 0 Å². The highest BCUT2D eigenvalue weighted by Gasteiger charge is 2.22. The second kappa shape index (κ2) is 3.26. The molecular weight excluding hydrogens is 148 g/mol. The van der Waals surface area contributed by atoms with Gasteiger partial charge in [0, 0.05) is 6.42 Å². The van der Waals surface area contributed by atoms with Crippen LogP contribution in [-0.2, 0) is 4.79 Å². The van der Waals surface area contributed by atoms with Crippen molar-refractivity contribution in [2.24, 2.45) is 0 Å². The van der Waals surface area contributed by atoms with E-state index in [1.54, 1.807) is 0 Å². The first kappa shape index (κ1) is 9.24. The second-order valence-electron chi connectivity index (χ2n) is 3.86. The van der Waals surface area contributed by atoms with E-state index in [0.717, 1.165) is 12.0 Å². The zero-order valence-corrected chi connectivity index (χ0v) is 8.32. The summed E-state index contributed by atoms with van der Waals surface area (Å²) in [5.74, 6) is 0.325. The molecule has 1 fully saturated rings. The maximum Gasteiger partial charge on any atom is 0.163 e. The van der Waals surface area contributed by atoms with Gasteiger partial charge in [-0.05, 0) is 39.7 Å². The average Bonchev–Trinajstić information content (AvgIpc) is 2.30. The zero-order valence-electron chi connectivity index (χ0n) is 8.32.